The molecule has 0 aromatic carbocycles. The van der Waals surface area contributed by atoms with Crippen LogP contribution in [0.2, 0.25) is 0 Å². The van der Waals surface area contributed by atoms with Gasteiger partial charge in [-0.3, -0.25) is 0 Å². The van der Waals surface area contributed by atoms with E-state index in [9.17, 15) is 4.79 Å². The van der Waals surface area contributed by atoms with Gasteiger partial charge >= 0.3 is 6.09 Å². The van der Waals surface area contributed by atoms with Gasteiger partial charge in [-0.15, -0.1) is 0 Å². The van der Waals surface area contributed by atoms with Crippen LogP contribution in [0.4, 0.5) is 4.79 Å². The van der Waals surface area contributed by atoms with Crippen LogP contribution in [-0.4, -0.2) is 17.7 Å². The van der Waals surface area contributed by atoms with Crippen LogP contribution >= 0.6 is 0 Å². The van der Waals surface area contributed by atoms with Crippen LogP contribution < -0.4 is 5.32 Å². The highest BCUT2D eigenvalue weighted by Gasteiger charge is 2.54. The molecule has 0 bridgehead atoms. The monoisotopic (exact) mass is 225 g/mol. The lowest BCUT2D eigenvalue weighted by Crippen LogP contribution is -2.36. The van der Waals surface area contributed by atoms with Gasteiger partial charge < -0.3 is 10.1 Å². The van der Waals surface area contributed by atoms with Gasteiger partial charge in [0.2, 0.25) is 0 Å². The molecular weight excluding hydrogens is 202 g/mol. The molecule has 1 atom stereocenters. The summed E-state index contributed by atoms with van der Waals surface area (Å²) in [6.07, 6.45) is 7.49. The fourth-order valence-electron chi connectivity index (χ4n) is 2.81. The average molecular weight is 225 g/mol. The second kappa shape index (κ2) is 3.94. The highest BCUT2D eigenvalue weighted by atomic mass is 16.6. The molecular formula is C13H23NO2. The number of nitrogens with one attached hydrogen (secondary N) is 1. The van der Waals surface area contributed by atoms with Crippen LogP contribution in [0, 0.1) is 5.41 Å². The molecule has 2 aliphatic rings. The minimum Gasteiger partial charge on any atom is -0.444 e. The van der Waals surface area contributed by atoms with E-state index in [-0.39, 0.29) is 6.09 Å². The molecule has 1 N–H and O–H groups in total. The molecule has 1 amide bonds. The number of rotatable bonds is 1. The van der Waals surface area contributed by atoms with Crippen molar-refractivity contribution in [2.75, 3.05) is 0 Å². The fraction of sp³-hybridized carbons (Fsp3) is 0.923. The summed E-state index contributed by atoms with van der Waals surface area (Å²) in [7, 11) is 0. The third kappa shape index (κ3) is 2.69. The topological polar surface area (TPSA) is 38.3 Å². The van der Waals surface area contributed by atoms with E-state index in [1.54, 1.807) is 0 Å². The molecule has 0 saturated heterocycles. The Labute approximate surface area is 97.9 Å². The molecule has 3 nitrogen and oxygen atoms in total. The summed E-state index contributed by atoms with van der Waals surface area (Å²) < 4.78 is 5.27. The first-order chi connectivity index (χ1) is 7.41. The first-order valence-electron chi connectivity index (χ1n) is 6.41. The Morgan fingerprint density at radius 2 is 1.88 bits per heavy atom. The van der Waals surface area contributed by atoms with Gasteiger partial charge in [-0.1, -0.05) is 19.3 Å². The maximum absolute atomic E-state index is 11.6. The first-order valence-corrected chi connectivity index (χ1v) is 6.41. The summed E-state index contributed by atoms with van der Waals surface area (Å²) in [6, 6.07) is 0.377. The van der Waals surface area contributed by atoms with Gasteiger partial charge in [0.25, 0.3) is 0 Å². The van der Waals surface area contributed by atoms with E-state index in [1.807, 2.05) is 20.8 Å². The van der Waals surface area contributed by atoms with Crippen molar-refractivity contribution >= 4 is 6.09 Å². The first kappa shape index (κ1) is 11.7. The minimum absolute atomic E-state index is 0.250. The Kier molecular flexibility index (Phi) is 2.89. The molecule has 2 saturated carbocycles. The van der Waals surface area contributed by atoms with Crippen molar-refractivity contribution in [1.82, 2.24) is 5.32 Å². The largest absolute Gasteiger partial charge is 0.444 e. The number of carbonyl (C=O) groups excluding carboxylic acids is 1. The zero-order valence-electron chi connectivity index (χ0n) is 10.6. The summed E-state index contributed by atoms with van der Waals surface area (Å²) in [4.78, 5) is 11.6. The van der Waals surface area contributed by atoms with Gasteiger partial charge in [0.1, 0.15) is 5.60 Å². The highest BCUT2D eigenvalue weighted by Crippen LogP contribution is 2.56. The smallest absolute Gasteiger partial charge is 0.407 e. The summed E-state index contributed by atoms with van der Waals surface area (Å²) in [6.45, 7) is 5.70. The fourth-order valence-corrected chi connectivity index (χ4v) is 2.81. The molecule has 16 heavy (non-hydrogen) atoms. The van der Waals surface area contributed by atoms with E-state index in [0.29, 0.717) is 11.5 Å². The van der Waals surface area contributed by atoms with Crippen molar-refractivity contribution in [2.24, 2.45) is 5.41 Å². The van der Waals surface area contributed by atoms with Crippen LogP contribution in [0.25, 0.3) is 0 Å². The van der Waals surface area contributed by atoms with Gasteiger partial charge in [-0.25, -0.2) is 4.79 Å². The van der Waals surface area contributed by atoms with E-state index >= 15 is 0 Å². The number of alkyl carbamates (subject to hydrolysis) is 1. The van der Waals surface area contributed by atoms with E-state index < -0.39 is 5.60 Å². The minimum atomic E-state index is -0.390. The Morgan fingerprint density at radius 1 is 1.25 bits per heavy atom. The van der Waals surface area contributed by atoms with Crippen LogP contribution in [-0.2, 0) is 4.74 Å². The second-order valence-corrected chi connectivity index (χ2v) is 6.33. The van der Waals surface area contributed by atoms with Crippen LogP contribution in [0.3, 0.4) is 0 Å². The van der Waals surface area contributed by atoms with Gasteiger partial charge in [0.15, 0.2) is 0 Å². The number of ether oxygens (including phenoxy) is 1. The lowest BCUT2D eigenvalue weighted by Gasteiger charge is -2.24. The summed E-state index contributed by atoms with van der Waals surface area (Å²) in [5, 5.41) is 3.01. The quantitative estimate of drug-likeness (QED) is 0.744. The molecule has 2 aliphatic carbocycles. The van der Waals surface area contributed by atoms with Crippen LogP contribution in [0.15, 0.2) is 0 Å². The molecule has 92 valence electrons. The Balaban J connectivity index is 1.78. The molecule has 0 radical (unpaired) electrons. The molecule has 0 heterocycles. The van der Waals surface area contributed by atoms with E-state index in [2.05, 4.69) is 5.32 Å². The van der Waals surface area contributed by atoms with E-state index in [0.717, 1.165) is 6.42 Å². The van der Waals surface area contributed by atoms with Crippen molar-refractivity contribution in [2.45, 2.75) is 70.9 Å². The zero-order chi connectivity index (χ0) is 11.8. The van der Waals surface area contributed by atoms with Crippen LogP contribution in [0.5, 0.6) is 0 Å². The van der Waals surface area contributed by atoms with Gasteiger partial charge in [0.05, 0.1) is 0 Å². The van der Waals surface area contributed by atoms with Crippen molar-refractivity contribution in [3.05, 3.63) is 0 Å². The standard InChI is InChI=1S/C13H23NO2/c1-12(2,3)16-11(15)14-10-9-13(10)7-5-4-6-8-13/h10H,4-9H2,1-3H3,(H,14,15)/t10-/m0/s1. The molecule has 0 aromatic heterocycles. The highest BCUT2D eigenvalue weighted by molar-refractivity contribution is 5.68. The third-order valence-corrected chi connectivity index (χ3v) is 3.73. The van der Waals surface area contributed by atoms with Crippen molar-refractivity contribution in [3.63, 3.8) is 0 Å². The molecule has 0 aromatic rings. The molecule has 1 spiro atoms. The summed E-state index contributed by atoms with van der Waals surface area (Å²) in [5.41, 5.74) is 0.0495. The lowest BCUT2D eigenvalue weighted by molar-refractivity contribution is 0.0512. The zero-order valence-corrected chi connectivity index (χ0v) is 10.6. The molecule has 0 unspecified atom stereocenters. The van der Waals surface area contributed by atoms with Gasteiger partial charge in [-0.05, 0) is 45.4 Å². The maximum Gasteiger partial charge on any atom is 0.407 e. The maximum atomic E-state index is 11.6. The van der Waals surface area contributed by atoms with Crippen LogP contribution in [0.1, 0.15) is 59.3 Å². The molecule has 2 fully saturated rings. The number of amides is 1. The predicted molar refractivity (Wildman–Crippen MR) is 63.3 cm³/mol. The van der Waals surface area contributed by atoms with Crippen molar-refractivity contribution in [1.29, 1.82) is 0 Å². The van der Waals surface area contributed by atoms with Gasteiger partial charge in [0, 0.05) is 6.04 Å². The summed E-state index contributed by atoms with van der Waals surface area (Å²) >= 11 is 0. The molecule has 3 heteroatoms. The number of hydrogen-bond donors (Lipinski definition) is 1. The normalized spacial score (nSPS) is 27.6. The third-order valence-electron chi connectivity index (χ3n) is 3.73. The second-order valence-electron chi connectivity index (χ2n) is 6.33. The van der Waals surface area contributed by atoms with E-state index in [1.165, 1.54) is 32.1 Å². The number of hydrogen-bond acceptors (Lipinski definition) is 2. The Bertz CT molecular complexity index is 274. The number of carbonyl (C=O) groups is 1. The summed E-state index contributed by atoms with van der Waals surface area (Å²) in [5.74, 6) is 0. The Morgan fingerprint density at radius 3 is 2.44 bits per heavy atom. The average Bonchev–Trinajstić information content (AvgIpc) is 2.75. The van der Waals surface area contributed by atoms with Gasteiger partial charge in [-0.2, -0.15) is 0 Å². The van der Waals surface area contributed by atoms with E-state index in [4.69, 9.17) is 4.74 Å². The Hall–Kier alpha value is -0.730. The lowest BCUT2D eigenvalue weighted by atomic mass is 9.86. The SMILES string of the molecule is CC(C)(C)OC(=O)N[C@H]1CC12CCCCC2. The predicted octanol–water partition coefficient (Wildman–Crippen LogP) is 3.23. The molecule has 0 aliphatic heterocycles. The molecule has 2 rings (SSSR count). The van der Waals surface area contributed by atoms with Crippen molar-refractivity contribution < 1.29 is 9.53 Å². The van der Waals surface area contributed by atoms with Crippen molar-refractivity contribution in [3.8, 4) is 0 Å².